The molecule has 2 rings (SSSR count). The summed E-state index contributed by atoms with van der Waals surface area (Å²) >= 11 is 0. The number of hydrogen-bond donors (Lipinski definition) is 1. The molecule has 0 aromatic heterocycles. The molecule has 0 saturated carbocycles. The molecule has 2 aromatic rings. The monoisotopic (exact) mass is 348 g/mol. The SMILES string of the molecule is CN(CCCNC(=O)COc1ccc(F)cc1F)Cc1ccccc1. The lowest BCUT2D eigenvalue weighted by Crippen LogP contribution is -2.31. The number of benzene rings is 2. The summed E-state index contributed by atoms with van der Waals surface area (Å²) in [5.74, 6) is -1.99. The third kappa shape index (κ3) is 6.89. The number of hydrogen-bond acceptors (Lipinski definition) is 3. The van der Waals surface area contributed by atoms with Gasteiger partial charge < -0.3 is 15.0 Å². The van der Waals surface area contributed by atoms with Gasteiger partial charge in [-0.25, -0.2) is 8.78 Å². The highest BCUT2D eigenvalue weighted by molar-refractivity contribution is 5.77. The van der Waals surface area contributed by atoms with Crippen LogP contribution in [0.3, 0.4) is 0 Å². The molecule has 134 valence electrons. The Hall–Kier alpha value is -2.47. The van der Waals surface area contributed by atoms with Gasteiger partial charge in [-0.2, -0.15) is 0 Å². The highest BCUT2D eigenvalue weighted by Gasteiger charge is 2.08. The van der Waals surface area contributed by atoms with Gasteiger partial charge in [0.2, 0.25) is 0 Å². The predicted molar refractivity (Wildman–Crippen MR) is 92.3 cm³/mol. The summed E-state index contributed by atoms with van der Waals surface area (Å²) in [6.07, 6.45) is 0.792. The Bertz CT molecular complexity index is 680. The number of ether oxygens (including phenoxy) is 1. The van der Waals surface area contributed by atoms with Crippen molar-refractivity contribution in [1.82, 2.24) is 10.2 Å². The zero-order valence-electron chi connectivity index (χ0n) is 14.2. The summed E-state index contributed by atoms with van der Waals surface area (Å²) in [5, 5.41) is 2.72. The molecule has 0 aliphatic rings. The molecular weight excluding hydrogens is 326 g/mol. The Morgan fingerprint density at radius 2 is 1.92 bits per heavy atom. The van der Waals surface area contributed by atoms with Crippen molar-refractivity contribution < 1.29 is 18.3 Å². The van der Waals surface area contributed by atoms with Crippen LogP contribution in [0, 0.1) is 11.6 Å². The van der Waals surface area contributed by atoms with Crippen molar-refractivity contribution in [1.29, 1.82) is 0 Å². The van der Waals surface area contributed by atoms with Crippen LogP contribution in [0.4, 0.5) is 8.78 Å². The van der Waals surface area contributed by atoms with Crippen LogP contribution in [0.15, 0.2) is 48.5 Å². The van der Waals surface area contributed by atoms with E-state index in [1.165, 1.54) is 5.56 Å². The first-order valence-electron chi connectivity index (χ1n) is 8.11. The van der Waals surface area contributed by atoms with E-state index in [4.69, 9.17) is 4.74 Å². The van der Waals surface area contributed by atoms with E-state index in [-0.39, 0.29) is 18.3 Å². The van der Waals surface area contributed by atoms with Gasteiger partial charge in [0.25, 0.3) is 5.91 Å². The lowest BCUT2D eigenvalue weighted by Gasteiger charge is -2.16. The molecule has 1 amide bonds. The lowest BCUT2D eigenvalue weighted by atomic mass is 10.2. The summed E-state index contributed by atoms with van der Waals surface area (Å²) in [4.78, 5) is 13.9. The second-order valence-electron chi connectivity index (χ2n) is 5.79. The summed E-state index contributed by atoms with van der Waals surface area (Å²) in [6.45, 7) is 1.89. The topological polar surface area (TPSA) is 41.6 Å². The van der Waals surface area contributed by atoms with Crippen LogP contribution < -0.4 is 10.1 Å². The first-order valence-corrected chi connectivity index (χ1v) is 8.11. The number of nitrogens with one attached hydrogen (secondary N) is 1. The molecule has 0 saturated heterocycles. The van der Waals surface area contributed by atoms with E-state index in [1.54, 1.807) is 0 Å². The van der Waals surface area contributed by atoms with E-state index < -0.39 is 11.6 Å². The van der Waals surface area contributed by atoms with Crippen molar-refractivity contribution >= 4 is 5.91 Å². The Morgan fingerprint density at radius 1 is 1.16 bits per heavy atom. The summed E-state index contributed by atoms with van der Waals surface area (Å²) < 4.78 is 31.2. The minimum atomic E-state index is -0.824. The molecule has 0 fully saturated rings. The van der Waals surface area contributed by atoms with E-state index >= 15 is 0 Å². The number of rotatable bonds is 9. The standard InChI is InChI=1S/C19H22F2N2O2/c1-23(13-15-6-3-2-4-7-15)11-5-10-22-19(24)14-25-18-9-8-16(20)12-17(18)21/h2-4,6-9,12H,5,10-11,13-14H2,1H3,(H,22,24). The van der Waals surface area contributed by atoms with Gasteiger partial charge in [-0.05, 0) is 37.7 Å². The Labute approximate surface area is 146 Å². The number of halogens is 2. The molecule has 6 heteroatoms. The van der Waals surface area contributed by atoms with Crippen molar-refractivity contribution in [3.8, 4) is 5.75 Å². The minimum absolute atomic E-state index is 0.140. The van der Waals surface area contributed by atoms with E-state index in [0.29, 0.717) is 6.54 Å². The fraction of sp³-hybridized carbons (Fsp3) is 0.316. The summed E-state index contributed by atoms with van der Waals surface area (Å²) in [7, 11) is 2.02. The molecule has 25 heavy (non-hydrogen) atoms. The van der Waals surface area contributed by atoms with Crippen LogP contribution >= 0.6 is 0 Å². The fourth-order valence-corrected chi connectivity index (χ4v) is 2.34. The van der Waals surface area contributed by atoms with Crippen LogP contribution in [0.1, 0.15) is 12.0 Å². The van der Waals surface area contributed by atoms with Crippen molar-refractivity contribution in [2.45, 2.75) is 13.0 Å². The first-order chi connectivity index (χ1) is 12.0. The van der Waals surface area contributed by atoms with Crippen LogP contribution in [0.5, 0.6) is 5.75 Å². The molecular formula is C19H22F2N2O2. The Kier molecular flexibility index (Phi) is 7.35. The average Bonchev–Trinajstić information content (AvgIpc) is 2.59. The maximum atomic E-state index is 13.4. The first kappa shape index (κ1) is 18.9. The van der Waals surface area contributed by atoms with E-state index in [1.807, 2.05) is 25.2 Å². The quantitative estimate of drug-likeness (QED) is 0.709. The second-order valence-corrected chi connectivity index (χ2v) is 5.79. The molecule has 0 bridgehead atoms. The Balaban J connectivity index is 1.60. The van der Waals surface area contributed by atoms with E-state index in [9.17, 15) is 13.6 Å². The van der Waals surface area contributed by atoms with Gasteiger partial charge in [0.05, 0.1) is 0 Å². The third-order valence-corrected chi connectivity index (χ3v) is 3.59. The molecule has 4 nitrogen and oxygen atoms in total. The highest BCUT2D eigenvalue weighted by atomic mass is 19.1. The predicted octanol–water partition coefficient (Wildman–Crippen LogP) is 2.98. The van der Waals surface area contributed by atoms with Gasteiger partial charge in [0.15, 0.2) is 18.2 Å². The summed E-state index contributed by atoms with van der Waals surface area (Å²) in [5.41, 5.74) is 1.24. The van der Waals surface area contributed by atoms with Crippen molar-refractivity contribution in [2.75, 3.05) is 26.7 Å². The molecule has 2 aromatic carbocycles. The minimum Gasteiger partial charge on any atom is -0.481 e. The number of carbonyl (C=O) groups excluding carboxylic acids is 1. The summed E-state index contributed by atoms with van der Waals surface area (Å²) in [6, 6.07) is 13.1. The van der Waals surface area contributed by atoms with E-state index in [0.717, 1.165) is 37.7 Å². The van der Waals surface area contributed by atoms with Gasteiger partial charge in [0, 0.05) is 19.2 Å². The van der Waals surface area contributed by atoms with Crippen molar-refractivity contribution in [2.24, 2.45) is 0 Å². The molecule has 0 aliphatic heterocycles. The van der Waals surface area contributed by atoms with Crippen LogP contribution in [0.2, 0.25) is 0 Å². The van der Waals surface area contributed by atoms with Crippen LogP contribution in [0.25, 0.3) is 0 Å². The van der Waals surface area contributed by atoms with Gasteiger partial charge in [-0.1, -0.05) is 30.3 Å². The van der Waals surface area contributed by atoms with Gasteiger partial charge in [-0.15, -0.1) is 0 Å². The molecule has 0 aliphatic carbocycles. The fourth-order valence-electron chi connectivity index (χ4n) is 2.34. The van der Waals surface area contributed by atoms with Gasteiger partial charge >= 0.3 is 0 Å². The largest absolute Gasteiger partial charge is 0.481 e. The second kappa shape index (κ2) is 9.74. The Morgan fingerprint density at radius 3 is 2.64 bits per heavy atom. The zero-order valence-corrected chi connectivity index (χ0v) is 14.2. The number of carbonyl (C=O) groups is 1. The molecule has 0 heterocycles. The molecule has 0 spiro atoms. The molecule has 0 unspecified atom stereocenters. The molecule has 1 N–H and O–H groups in total. The number of nitrogens with zero attached hydrogens (tertiary/aromatic N) is 1. The molecule has 0 atom stereocenters. The van der Waals surface area contributed by atoms with Crippen LogP contribution in [-0.2, 0) is 11.3 Å². The average molecular weight is 348 g/mol. The van der Waals surface area contributed by atoms with Gasteiger partial charge in [0.1, 0.15) is 5.82 Å². The highest BCUT2D eigenvalue weighted by Crippen LogP contribution is 2.17. The maximum absolute atomic E-state index is 13.4. The number of amides is 1. The van der Waals surface area contributed by atoms with Crippen molar-refractivity contribution in [3.63, 3.8) is 0 Å². The van der Waals surface area contributed by atoms with E-state index in [2.05, 4.69) is 22.3 Å². The zero-order chi connectivity index (χ0) is 18.1. The smallest absolute Gasteiger partial charge is 0.257 e. The van der Waals surface area contributed by atoms with Gasteiger partial charge in [-0.3, -0.25) is 4.79 Å². The maximum Gasteiger partial charge on any atom is 0.257 e. The third-order valence-electron chi connectivity index (χ3n) is 3.59. The normalized spacial score (nSPS) is 10.7. The van der Waals surface area contributed by atoms with Crippen molar-refractivity contribution in [3.05, 3.63) is 65.7 Å². The molecule has 0 radical (unpaired) electrons. The lowest BCUT2D eigenvalue weighted by molar-refractivity contribution is -0.123. The van der Waals surface area contributed by atoms with Crippen LogP contribution in [-0.4, -0.2) is 37.6 Å².